The van der Waals surface area contributed by atoms with Crippen LogP contribution in [0.15, 0.2) is 54.7 Å². The van der Waals surface area contributed by atoms with Gasteiger partial charge in [0, 0.05) is 66.9 Å². The fourth-order valence-corrected chi connectivity index (χ4v) is 5.47. The monoisotopic (exact) mass is 629 g/mol. The number of piperidine rings is 1. The number of rotatable bonds is 11. The molecule has 1 aromatic heterocycles. The van der Waals surface area contributed by atoms with Gasteiger partial charge in [-0.1, -0.05) is 29.3 Å². The van der Waals surface area contributed by atoms with Crippen LogP contribution in [0.4, 0.5) is 17.2 Å². The zero-order valence-electron chi connectivity index (χ0n) is 24.1. The van der Waals surface area contributed by atoms with E-state index in [-0.39, 0.29) is 24.7 Å². The van der Waals surface area contributed by atoms with E-state index in [2.05, 4.69) is 25.6 Å². The normalized spacial score (nSPS) is 17.0. The van der Waals surface area contributed by atoms with E-state index in [1.54, 1.807) is 37.3 Å². The number of benzene rings is 2. The number of anilines is 3. The molecule has 1 amide bonds. The van der Waals surface area contributed by atoms with Gasteiger partial charge in [-0.05, 0) is 56.2 Å². The molecule has 5 rings (SSSR count). The first-order valence-corrected chi connectivity index (χ1v) is 15.2. The lowest BCUT2D eigenvalue weighted by Gasteiger charge is -2.33. The zero-order valence-corrected chi connectivity index (χ0v) is 25.6. The van der Waals surface area contributed by atoms with Gasteiger partial charge in [0.1, 0.15) is 24.3 Å². The number of aromatic nitrogens is 1. The second-order valence-electron chi connectivity index (χ2n) is 10.8. The van der Waals surface area contributed by atoms with Crippen LogP contribution >= 0.6 is 23.2 Å². The van der Waals surface area contributed by atoms with Crippen molar-refractivity contribution in [2.75, 3.05) is 61.6 Å². The van der Waals surface area contributed by atoms with Crippen LogP contribution < -0.4 is 20.4 Å². The van der Waals surface area contributed by atoms with E-state index in [0.717, 1.165) is 50.3 Å². The number of aliphatic hydroxyl groups excluding tert-OH is 1. The fraction of sp³-hybridized carbons (Fsp3) is 0.419. The molecule has 12 heteroatoms. The number of halogens is 2. The highest BCUT2D eigenvalue weighted by atomic mass is 35.5. The number of carbonyl (C=O) groups excluding carboxylic acids is 1. The number of β-amino-alcohol motifs (C(OH)–C–C–N with tert-alkyl or cyclic N) is 1. The Morgan fingerprint density at radius 3 is 2.56 bits per heavy atom. The average Bonchev–Trinajstić information content (AvgIpc) is 3.00. The molecule has 0 saturated carbocycles. The lowest BCUT2D eigenvalue weighted by atomic mass is 10.1. The summed E-state index contributed by atoms with van der Waals surface area (Å²) in [5, 5.41) is 13.8. The summed E-state index contributed by atoms with van der Waals surface area (Å²) in [5.41, 5.74) is 5.45. The summed E-state index contributed by atoms with van der Waals surface area (Å²) in [6, 6.07) is 14.4. The Kier molecular flexibility index (Phi) is 11.0. The minimum Gasteiger partial charge on any atom is -0.489 e. The van der Waals surface area contributed by atoms with Crippen molar-refractivity contribution >= 4 is 46.3 Å². The van der Waals surface area contributed by atoms with Crippen molar-refractivity contribution in [3.05, 3.63) is 75.9 Å². The van der Waals surface area contributed by atoms with Crippen molar-refractivity contribution < 1.29 is 24.2 Å². The van der Waals surface area contributed by atoms with Gasteiger partial charge in [0.25, 0.3) is 5.91 Å². The molecule has 3 heterocycles. The number of morpholine rings is 1. The predicted molar refractivity (Wildman–Crippen MR) is 168 cm³/mol. The molecule has 2 saturated heterocycles. The molecule has 2 fully saturated rings. The van der Waals surface area contributed by atoms with E-state index in [1.807, 2.05) is 18.2 Å². The van der Waals surface area contributed by atoms with Crippen molar-refractivity contribution in [1.82, 2.24) is 9.88 Å². The van der Waals surface area contributed by atoms with Crippen LogP contribution in [-0.4, -0.2) is 79.0 Å². The molecular formula is C31H37Cl2N5O5. The van der Waals surface area contributed by atoms with E-state index in [4.69, 9.17) is 37.5 Å². The lowest BCUT2D eigenvalue weighted by Crippen LogP contribution is -2.41. The third-order valence-corrected chi connectivity index (χ3v) is 7.85. The smallest absolute Gasteiger partial charge is 0.259 e. The number of hydrogen-bond acceptors (Lipinski definition) is 9. The standard InChI is InChI=1S/C31H37Cl2N5O5/c1-21(39)19-37-10-8-26(9-11-37)43-29-17-25(38-12-14-41-15-13-38)5-6-27(29)31(40)35-28-16-23(32)3-2-22(28)20-42-36-30-7-4-24(33)18-34-30/h2-7,16-18,21,26,39H,8-15,19-20H2,1H3,(H,34,36)(H,35,40)/t21-/m0/s1. The molecule has 0 spiro atoms. The van der Waals surface area contributed by atoms with Gasteiger partial charge < -0.3 is 29.7 Å². The maximum absolute atomic E-state index is 13.7. The summed E-state index contributed by atoms with van der Waals surface area (Å²) < 4.78 is 12.0. The molecule has 0 unspecified atom stereocenters. The Balaban J connectivity index is 1.31. The number of pyridine rings is 1. The molecule has 10 nitrogen and oxygen atoms in total. The highest BCUT2D eigenvalue weighted by molar-refractivity contribution is 6.31. The second-order valence-corrected chi connectivity index (χ2v) is 11.6. The van der Waals surface area contributed by atoms with Crippen molar-refractivity contribution in [1.29, 1.82) is 0 Å². The van der Waals surface area contributed by atoms with E-state index in [0.29, 0.717) is 52.6 Å². The zero-order chi connectivity index (χ0) is 30.2. The van der Waals surface area contributed by atoms with Crippen molar-refractivity contribution in [2.45, 2.75) is 38.6 Å². The molecule has 230 valence electrons. The molecule has 43 heavy (non-hydrogen) atoms. The first kappa shape index (κ1) is 31.3. The van der Waals surface area contributed by atoms with Crippen LogP contribution in [0.25, 0.3) is 0 Å². The first-order chi connectivity index (χ1) is 20.8. The fourth-order valence-electron chi connectivity index (χ4n) is 5.18. The minimum absolute atomic E-state index is 0.0422. The minimum atomic E-state index is -0.371. The van der Waals surface area contributed by atoms with Crippen LogP contribution in [0, 0.1) is 0 Å². The first-order valence-electron chi connectivity index (χ1n) is 14.5. The van der Waals surface area contributed by atoms with Crippen LogP contribution in [0.1, 0.15) is 35.7 Å². The molecule has 3 N–H and O–H groups in total. The number of carbonyl (C=O) groups is 1. The molecule has 0 radical (unpaired) electrons. The van der Waals surface area contributed by atoms with Crippen LogP contribution in [0.2, 0.25) is 10.0 Å². The highest BCUT2D eigenvalue weighted by Gasteiger charge is 2.25. The molecule has 2 aromatic carbocycles. The Morgan fingerprint density at radius 2 is 1.84 bits per heavy atom. The number of ether oxygens (including phenoxy) is 2. The Labute approximate surface area is 261 Å². The highest BCUT2D eigenvalue weighted by Crippen LogP contribution is 2.31. The largest absolute Gasteiger partial charge is 0.489 e. The maximum atomic E-state index is 13.7. The van der Waals surface area contributed by atoms with Gasteiger partial charge in [0.15, 0.2) is 0 Å². The number of hydrogen-bond donors (Lipinski definition) is 3. The molecule has 2 aliphatic rings. The molecule has 3 aromatic rings. The van der Waals surface area contributed by atoms with Gasteiger partial charge in [0.05, 0.1) is 29.9 Å². The SMILES string of the molecule is C[C@H](O)CN1CCC(Oc2cc(N3CCOCC3)ccc2C(=O)Nc2cc(Cl)ccc2CONc2ccc(Cl)cn2)CC1. The number of nitrogens with one attached hydrogen (secondary N) is 2. The molecule has 2 aliphatic heterocycles. The van der Waals surface area contributed by atoms with E-state index in [1.165, 1.54) is 6.20 Å². The lowest BCUT2D eigenvalue weighted by molar-refractivity contribution is 0.0665. The maximum Gasteiger partial charge on any atom is 0.259 e. The second kappa shape index (κ2) is 15.1. The Bertz CT molecular complexity index is 1360. The van der Waals surface area contributed by atoms with Gasteiger partial charge in [-0.15, -0.1) is 0 Å². The average molecular weight is 631 g/mol. The summed E-state index contributed by atoms with van der Waals surface area (Å²) in [4.78, 5) is 28.0. The summed E-state index contributed by atoms with van der Waals surface area (Å²) in [5.74, 6) is 0.722. The van der Waals surface area contributed by atoms with Gasteiger partial charge in [-0.25, -0.2) is 10.5 Å². The Hall–Kier alpha value is -3.12. The van der Waals surface area contributed by atoms with Gasteiger partial charge >= 0.3 is 0 Å². The van der Waals surface area contributed by atoms with Crippen LogP contribution in [-0.2, 0) is 16.2 Å². The third-order valence-electron chi connectivity index (χ3n) is 7.39. The summed E-state index contributed by atoms with van der Waals surface area (Å²) in [6.45, 7) is 7.09. The van der Waals surface area contributed by atoms with Crippen LogP contribution in [0.3, 0.4) is 0 Å². The summed E-state index contributed by atoms with van der Waals surface area (Å²) in [6.07, 6.45) is 2.72. The van der Waals surface area contributed by atoms with Crippen molar-refractivity contribution in [3.63, 3.8) is 0 Å². The number of nitrogens with zero attached hydrogens (tertiary/aromatic N) is 3. The number of likely N-dealkylation sites (tertiary alicyclic amines) is 1. The molecule has 1 atom stereocenters. The van der Waals surface area contributed by atoms with Crippen molar-refractivity contribution in [2.24, 2.45) is 0 Å². The quantitative estimate of drug-likeness (QED) is 0.245. The Morgan fingerprint density at radius 1 is 1.07 bits per heavy atom. The van der Waals surface area contributed by atoms with Gasteiger partial charge in [0.2, 0.25) is 0 Å². The number of aliphatic hydroxyl groups is 1. The van der Waals surface area contributed by atoms with E-state index < -0.39 is 0 Å². The summed E-state index contributed by atoms with van der Waals surface area (Å²) >= 11 is 12.2. The van der Waals surface area contributed by atoms with Crippen LogP contribution in [0.5, 0.6) is 5.75 Å². The summed E-state index contributed by atoms with van der Waals surface area (Å²) in [7, 11) is 0. The predicted octanol–water partition coefficient (Wildman–Crippen LogP) is 5.25. The molecule has 0 aliphatic carbocycles. The van der Waals surface area contributed by atoms with E-state index in [9.17, 15) is 9.90 Å². The van der Waals surface area contributed by atoms with Gasteiger partial charge in [-0.2, -0.15) is 0 Å². The topological polar surface area (TPSA) is 108 Å². The number of amides is 1. The molecular weight excluding hydrogens is 593 g/mol. The molecule has 0 bridgehead atoms. The van der Waals surface area contributed by atoms with E-state index >= 15 is 0 Å². The third kappa shape index (κ3) is 8.95. The van der Waals surface area contributed by atoms with Crippen molar-refractivity contribution in [3.8, 4) is 5.75 Å². The van der Waals surface area contributed by atoms with Gasteiger partial charge in [-0.3, -0.25) is 9.63 Å².